The zero-order valence-electron chi connectivity index (χ0n) is 15.1. The molecular weight excluding hydrogens is 391 g/mol. The van der Waals surface area contributed by atoms with E-state index in [9.17, 15) is 28.8 Å². The van der Waals surface area contributed by atoms with E-state index in [0.29, 0.717) is 22.9 Å². The molecule has 28 heavy (non-hydrogen) atoms. The van der Waals surface area contributed by atoms with E-state index in [1.54, 1.807) is 0 Å². The number of nitrogens with zero attached hydrogens (tertiary/aromatic N) is 3. The van der Waals surface area contributed by atoms with E-state index < -0.39 is 39.2 Å². The van der Waals surface area contributed by atoms with Gasteiger partial charge in [-0.05, 0) is 47.6 Å². The van der Waals surface area contributed by atoms with Crippen LogP contribution in [-0.4, -0.2) is 54.2 Å². The fourth-order valence-electron chi connectivity index (χ4n) is 2.86. The summed E-state index contributed by atoms with van der Waals surface area (Å²) in [4.78, 5) is 32.2. The van der Waals surface area contributed by atoms with E-state index in [1.807, 2.05) is 0 Å². The number of carbonyl (C=O) groups excluding carboxylic acids is 1. The van der Waals surface area contributed by atoms with E-state index >= 15 is 0 Å². The van der Waals surface area contributed by atoms with Crippen LogP contribution >= 0.6 is 10.5 Å². The highest BCUT2D eigenvalue weighted by atomic mass is 32.3. The quantitative estimate of drug-likeness (QED) is 0.656. The number of halogens is 1. The fraction of sp³-hybridized carbons (Fsp3) is 0.353. The lowest BCUT2D eigenvalue weighted by molar-refractivity contribution is 0.0774. The second-order valence-electron chi connectivity index (χ2n) is 6.49. The van der Waals surface area contributed by atoms with Gasteiger partial charge < -0.3 is 24.2 Å². The summed E-state index contributed by atoms with van der Waals surface area (Å²) < 4.78 is 24.3. The Morgan fingerprint density at radius 3 is 2.71 bits per heavy atom. The van der Waals surface area contributed by atoms with Gasteiger partial charge in [0, 0.05) is 19.3 Å². The Hall–Kier alpha value is -2.47. The Kier molecular flexibility index (Phi) is 5.70. The first kappa shape index (κ1) is 20.3. The zero-order valence-corrected chi connectivity index (χ0v) is 15.9. The SMILES string of the molecule is CN(Cc1ccc(F)cc1)C(=O)c1nc(S2(O)CCCCN2[O-])[nH]c(=O)c1O. The molecule has 0 aliphatic carbocycles. The summed E-state index contributed by atoms with van der Waals surface area (Å²) >= 11 is 0. The molecule has 1 amide bonds. The number of carbonyl (C=O) groups is 1. The molecule has 152 valence electrons. The minimum Gasteiger partial charge on any atom is -0.775 e. The van der Waals surface area contributed by atoms with Crippen molar-refractivity contribution in [1.29, 1.82) is 0 Å². The molecular formula is C17H20FN4O5S-. The third kappa shape index (κ3) is 3.87. The standard InChI is InChI=1S/C17H20FN4O5S/c1-21(10-11-4-6-12(18)7-5-11)16(25)13-14(23)15(24)20-17(19-13)28(27)9-3-2-8-22(28)26/h4-7,23,27H,2-3,8-10H2,1H3,(H,19,20,24)/q-1. The van der Waals surface area contributed by atoms with Crippen LogP contribution in [-0.2, 0) is 6.54 Å². The molecule has 1 aliphatic rings. The third-order valence-electron chi connectivity index (χ3n) is 4.42. The van der Waals surface area contributed by atoms with Gasteiger partial charge in [-0.1, -0.05) is 12.1 Å². The molecule has 2 aromatic rings. The van der Waals surface area contributed by atoms with Gasteiger partial charge in [0.25, 0.3) is 11.5 Å². The normalized spacial score (nSPS) is 22.4. The molecule has 0 radical (unpaired) electrons. The van der Waals surface area contributed by atoms with Crippen LogP contribution in [0.4, 0.5) is 4.39 Å². The van der Waals surface area contributed by atoms with Gasteiger partial charge in [0.15, 0.2) is 10.9 Å². The maximum Gasteiger partial charge on any atom is 0.294 e. The number of amides is 1. The van der Waals surface area contributed by atoms with Crippen molar-refractivity contribution in [3.63, 3.8) is 0 Å². The topological polar surface area (TPSA) is 133 Å². The third-order valence-corrected chi connectivity index (χ3v) is 6.95. The summed E-state index contributed by atoms with van der Waals surface area (Å²) in [7, 11) is -1.67. The average Bonchev–Trinajstić information content (AvgIpc) is 2.67. The highest BCUT2D eigenvalue weighted by Crippen LogP contribution is 2.55. The van der Waals surface area contributed by atoms with Crippen LogP contribution in [0.5, 0.6) is 5.75 Å². The number of aromatic nitrogens is 2. The lowest BCUT2D eigenvalue weighted by atomic mass is 10.2. The Morgan fingerprint density at radius 1 is 1.39 bits per heavy atom. The Morgan fingerprint density at radius 2 is 2.07 bits per heavy atom. The number of aromatic hydroxyl groups is 1. The molecule has 1 aromatic carbocycles. The van der Waals surface area contributed by atoms with Crippen LogP contribution in [0, 0.1) is 11.0 Å². The minimum absolute atomic E-state index is 0.0766. The van der Waals surface area contributed by atoms with Crippen LogP contribution in [0.3, 0.4) is 0 Å². The van der Waals surface area contributed by atoms with Crippen molar-refractivity contribution in [2.24, 2.45) is 0 Å². The Labute approximate surface area is 161 Å². The number of hydroxylamine groups is 1. The highest BCUT2D eigenvalue weighted by molar-refractivity contribution is 8.27. The van der Waals surface area contributed by atoms with E-state index in [-0.39, 0.29) is 24.0 Å². The lowest BCUT2D eigenvalue weighted by Gasteiger charge is -2.50. The van der Waals surface area contributed by atoms with Crippen LogP contribution in [0.25, 0.3) is 0 Å². The van der Waals surface area contributed by atoms with Gasteiger partial charge in [-0.3, -0.25) is 14.6 Å². The second-order valence-corrected chi connectivity index (χ2v) is 9.03. The largest absolute Gasteiger partial charge is 0.775 e. The van der Waals surface area contributed by atoms with Gasteiger partial charge in [0.2, 0.25) is 5.75 Å². The smallest absolute Gasteiger partial charge is 0.294 e. The molecule has 1 saturated heterocycles. The molecule has 9 nitrogen and oxygen atoms in total. The van der Waals surface area contributed by atoms with E-state index in [1.165, 1.54) is 36.2 Å². The molecule has 1 aliphatic heterocycles. The maximum atomic E-state index is 13.0. The first-order chi connectivity index (χ1) is 13.2. The van der Waals surface area contributed by atoms with Gasteiger partial charge in [-0.15, -0.1) is 0 Å². The van der Waals surface area contributed by atoms with E-state index in [4.69, 9.17) is 0 Å². The first-order valence-corrected chi connectivity index (χ1v) is 10.3. The fourth-order valence-corrected chi connectivity index (χ4v) is 4.98. The van der Waals surface area contributed by atoms with Crippen molar-refractivity contribution in [2.75, 3.05) is 19.3 Å². The van der Waals surface area contributed by atoms with Gasteiger partial charge in [-0.25, -0.2) is 9.37 Å². The molecule has 0 bridgehead atoms. The van der Waals surface area contributed by atoms with E-state index in [2.05, 4.69) is 9.97 Å². The first-order valence-electron chi connectivity index (χ1n) is 8.54. The monoisotopic (exact) mass is 411 g/mol. The Bertz CT molecular complexity index is 938. The van der Waals surface area contributed by atoms with E-state index in [0.717, 1.165) is 0 Å². The number of hydrogen-bond donors (Lipinski definition) is 3. The van der Waals surface area contributed by atoms with Gasteiger partial charge >= 0.3 is 0 Å². The number of nitrogens with one attached hydrogen (secondary N) is 1. The molecule has 1 aromatic heterocycles. The molecule has 11 heteroatoms. The van der Waals surface area contributed by atoms with Crippen molar-refractivity contribution < 1.29 is 18.8 Å². The maximum absolute atomic E-state index is 13.0. The summed E-state index contributed by atoms with van der Waals surface area (Å²) in [5.41, 5.74) is -0.934. The van der Waals surface area contributed by atoms with Crippen molar-refractivity contribution in [3.8, 4) is 5.75 Å². The Balaban J connectivity index is 1.92. The summed E-state index contributed by atoms with van der Waals surface area (Å²) in [5, 5.41) is 21.9. The van der Waals surface area contributed by atoms with Crippen molar-refractivity contribution in [3.05, 3.63) is 56.9 Å². The molecule has 1 fully saturated rings. The summed E-state index contributed by atoms with van der Waals surface area (Å²) in [6.45, 7) is 0.164. The van der Waals surface area contributed by atoms with Crippen molar-refractivity contribution >= 4 is 16.4 Å². The molecule has 0 saturated carbocycles. The molecule has 3 N–H and O–H groups in total. The number of hydrogen-bond acceptors (Lipinski definition) is 7. The summed E-state index contributed by atoms with van der Waals surface area (Å²) in [5.74, 6) is -1.97. The number of benzene rings is 1. The summed E-state index contributed by atoms with van der Waals surface area (Å²) in [6.07, 6.45) is 1.18. The van der Waals surface area contributed by atoms with Crippen molar-refractivity contribution in [2.45, 2.75) is 24.5 Å². The van der Waals surface area contributed by atoms with Crippen LogP contribution in [0.1, 0.15) is 28.9 Å². The van der Waals surface area contributed by atoms with Crippen molar-refractivity contribution in [1.82, 2.24) is 19.3 Å². The van der Waals surface area contributed by atoms with Gasteiger partial charge in [0.05, 0.1) is 0 Å². The predicted molar refractivity (Wildman–Crippen MR) is 101 cm³/mol. The molecule has 3 rings (SSSR count). The average molecular weight is 411 g/mol. The molecule has 1 atom stereocenters. The minimum atomic E-state index is -3.09. The predicted octanol–water partition coefficient (Wildman–Crippen LogP) is 2.03. The highest BCUT2D eigenvalue weighted by Gasteiger charge is 2.33. The van der Waals surface area contributed by atoms with Crippen LogP contribution in [0.15, 0.2) is 34.2 Å². The second kappa shape index (κ2) is 7.87. The molecule has 1 unspecified atom stereocenters. The zero-order chi connectivity index (χ0) is 20.5. The van der Waals surface area contributed by atoms with Gasteiger partial charge in [-0.2, -0.15) is 0 Å². The molecule has 2 heterocycles. The van der Waals surface area contributed by atoms with Gasteiger partial charge in [0.1, 0.15) is 5.82 Å². The number of aromatic amines is 1. The molecule has 0 spiro atoms. The van der Waals surface area contributed by atoms with Crippen LogP contribution in [0.2, 0.25) is 0 Å². The lowest BCUT2D eigenvalue weighted by Crippen LogP contribution is -2.34. The van der Waals surface area contributed by atoms with Crippen LogP contribution < -0.4 is 5.56 Å². The number of rotatable bonds is 4. The number of H-pyrrole nitrogens is 1. The summed E-state index contributed by atoms with van der Waals surface area (Å²) in [6, 6.07) is 5.50.